The number of aryl methyl sites for hydroxylation is 2. The van der Waals surface area contributed by atoms with E-state index < -0.39 is 0 Å². The highest BCUT2D eigenvalue weighted by molar-refractivity contribution is 7.12. The molecule has 1 heterocycles. The van der Waals surface area contributed by atoms with Crippen LogP contribution in [0.5, 0.6) is 0 Å². The topological polar surface area (TPSA) is 21.3 Å². The first-order chi connectivity index (χ1) is 7.83. The third-order valence-corrected chi connectivity index (χ3v) is 4.46. The van der Waals surface area contributed by atoms with Crippen molar-refractivity contribution in [3.8, 4) is 0 Å². The van der Waals surface area contributed by atoms with Gasteiger partial charge in [-0.3, -0.25) is 0 Å². The Hall–Kier alpha value is -0.380. The van der Waals surface area contributed by atoms with Crippen LogP contribution in [-0.2, 0) is 24.1 Å². The van der Waals surface area contributed by atoms with Crippen LogP contribution < -0.4 is 5.32 Å². The van der Waals surface area contributed by atoms with Gasteiger partial charge in [0.1, 0.15) is 0 Å². The first-order valence-corrected chi connectivity index (χ1v) is 6.98. The molecule has 0 spiro atoms. The van der Waals surface area contributed by atoms with Crippen molar-refractivity contribution in [1.29, 1.82) is 0 Å². The van der Waals surface area contributed by atoms with Gasteiger partial charge in [-0.25, -0.2) is 0 Å². The molecule has 1 N–H and O–H groups in total. The Morgan fingerprint density at radius 3 is 3.06 bits per heavy atom. The van der Waals surface area contributed by atoms with Crippen LogP contribution in [0.1, 0.15) is 35.1 Å². The maximum Gasteiger partial charge on any atom is 0.0615 e. The average Bonchev–Trinajstić information content (AvgIpc) is 2.84. The minimum Gasteiger partial charge on any atom is -0.383 e. The van der Waals surface area contributed by atoms with E-state index in [0.717, 1.165) is 19.6 Å². The molecule has 0 aliphatic heterocycles. The number of ether oxygens (including phenoxy) is 1. The smallest absolute Gasteiger partial charge is 0.0615 e. The summed E-state index contributed by atoms with van der Waals surface area (Å²) in [5, 5.41) is 3.56. The van der Waals surface area contributed by atoms with E-state index in [0.29, 0.717) is 6.04 Å². The highest BCUT2D eigenvalue weighted by Crippen LogP contribution is 2.30. The van der Waals surface area contributed by atoms with Crippen LogP contribution in [0.15, 0.2) is 6.07 Å². The van der Waals surface area contributed by atoms with Crippen molar-refractivity contribution in [2.24, 2.45) is 0 Å². The Morgan fingerprint density at radius 2 is 2.38 bits per heavy atom. The van der Waals surface area contributed by atoms with Crippen molar-refractivity contribution in [2.45, 2.75) is 45.2 Å². The van der Waals surface area contributed by atoms with Crippen LogP contribution in [0, 0.1) is 0 Å². The molecule has 0 saturated carbocycles. The first-order valence-electron chi connectivity index (χ1n) is 6.16. The fraction of sp³-hybridized carbons (Fsp3) is 0.692. The minimum absolute atomic E-state index is 0.488. The molecule has 0 radical (unpaired) electrons. The van der Waals surface area contributed by atoms with Crippen molar-refractivity contribution in [2.75, 3.05) is 13.7 Å². The lowest BCUT2D eigenvalue weighted by molar-refractivity contribution is 0.164. The number of hydrogen-bond donors (Lipinski definition) is 1. The van der Waals surface area contributed by atoms with E-state index in [1.807, 2.05) is 11.3 Å². The zero-order chi connectivity index (χ0) is 11.4. The number of methoxy groups -OCH3 is 1. The van der Waals surface area contributed by atoms with E-state index in [2.05, 4.69) is 18.3 Å². The van der Waals surface area contributed by atoms with E-state index in [4.69, 9.17) is 4.74 Å². The molecule has 1 aliphatic rings. The molecule has 1 aromatic heterocycles. The second-order valence-electron chi connectivity index (χ2n) is 4.46. The standard InChI is InChI=1S/C13H21NOS/c1-3-11(9-15-2)14-8-12-7-10-5-4-6-13(10)16-12/h7,11,14H,3-6,8-9H2,1-2H3. The molecule has 3 heteroatoms. The molecular formula is C13H21NOS. The van der Waals surface area contributed by atoms with Gasteiger partial charge in [0.25, 0.3) is 0 Å². The van der Waals surface area contributed by atoms with Crippen LogP contribution >= 0.6 is 11.3 Å². The lowest BCUT2D eigenvalue weighted by Gasteiger charge is -2.14. The SMILES string of the molecule is CCC(COC)NCc1cc2c(s1)CCC2. The monoisotopic (exact) mass is 239 g/mol. The number of thiophene rings is 1. The maximum atomic E-state index is 5.19. The molecule has 1 unspecified atom stereocenters. The quantitative estimate of drug-likeness (QED) is 0.824. The maximum absolute atomic E-state index is 5.19. The number of hydrogen-bond acceptors (Lipinski definition) is 3. The van der Waals surface area contributed by atoms with Crippen molar-refractivity contribution >= 4 is 11.3 Å². The van der Waals surface area contributed by atoms with E-state index in [1.54, 1.807) is 17.6 Å². The van der Waals surface area contributed by atoms with Gasteiger partial charge >= 0.3 is 0 Å². The summed E-state index contributed by atoms with van der Waals surface area (Å²) in [5.41, 5.74) is 1.60. The summed E-state index contributed by atoms with van der Waals surface area (Å²) in [6, 6.07) is 2.88. The van der Waals surface area contributed by atoms with Crippen molar-refractivity contribution in [3.63, 3.8) is 0 Å². The third-order valence-electron chi connectivity index (χ3n) is 3.22. The predicted octanol–water partition coefficient (Wildman–Crippen LogP) is 2.75. The van der Waals surface area contributed by atoms with E-state index in [1.165, 1.54) is 24.1 Å². The van der Waals surface area contributed by atoms with Gasteiger partial charge in [-0.05, 0) is 37.3 Å². The Balaban J connectivity index is 1.84. The van der Waals surface area contributed by atoms with E-state index in [9.17, 15) is 0 Å². The second kappa shape index (κ2) is 5.80. The van der Waals surface area contributed by atoms with Gasteiger partial charge in [-0.1, -0.05) is 6.92 Å². The molecule has 0 amide bonds. The largest absolute Gasteiger partial charge is 0.383 e. The summed E-state index contributed by atoms with van der Waals surface area (Å²) in [7, 11) is 1.77. The van der Waals surface area contributed by atoms with Gasteiger partial charge in [-0.2, -0.15) is 0 Å². The Morgan fingerprint density at radius 1 is 1.50 bits per heavy atom. The number of rotatable bonds is 6. The lowest BCUT2D eigenvalue weighted by atomic mass is 10.2. The van der Waals surface area contributed by atoms with Crippen molar-refractivity contribution in [3.05, 3.63) is 21.4 Å². The molecule has 2 rings (SSSR count). The summed E-state index contributed by atoms with van der Waals surface area (Å²) in [6.07, 6.45) is 5.07. The zero-order valence-electron chi connectivity index (χ0n) is 10.2. The Labute approximate surface area is 102 Å². The van der Waals surface area contributed by atoms with Crippen LogP contribution in [0.25, 0.3) is 0 Å². The predicted molar refractivity (Wildman–Crippen MR) is 69.1 cm³/mol. The van der Waals surface area contributed by atoms with Crippen LogP contribution in [-0.4, -0.2) is 19.8 Å². The van der Waals surface area contributed by atoms with E-state index in [-0.39, 0.29) is 0 Å². The fourth-order valence-corrected chi connectivity index (χ4v) is 3.46. The molecule has 1 atom stereocenters. The highest BCUT2D eigenvalue weighted by Gasteiger charge is 2.15. The minimum atomic E-state index is 0.488. The van der Waals surface area contributed by atoms with Gasteiger partial charge < -0.3 is 10.1 Å². The molecule has 2 nitrogen and oxygen atoms in total. The molecular weight excluding hydrogens is 218 g/mol. The molecule has 0 saturated heterocycles. The van der Waals surface area contributed by atoms with Crippen LogP contribution in [0.3, 0.4) is 0 Å². The van der Waals surface area contributed by atoms with Crippen LogP contribution in [0.4, 0.5) is 0 Å². The van der Waals surface area contributed by atoms with Crippen LogP contribution in [0.2, 0.25) is 0 Å². The van der Waals surface area contributed by atoms with E-state index >= 15 is 0 Å². The molecule has 0 bridgehead atoms. The summed E-state index contributed by atoms with van der Waals surface area (Å²) in [5.74, 6) is 0. The van der Waals surface area contributed by atoms with Crippen molar-refractivity contribution < 1.29 is 4.74 Å². The number of fused-ring (bicyclic) bond motifs is 1. The second-order valence-corrected chi connectivity index (χ2v) is 5.68. The first kappa shape index (κ1) is 12.1. The van der Waals surface area contributed by atoms with Gasteiger partial charge in [0.05, 0.1) is 6.61 Å². The lowest BCUT2D eigenvalue weighted by Crippen LogP contribution is -2.31. The fourth-order valence-electron chi connectivity index (χ4n) is 2.24. The Kier molecular flexibility index (Phi) is 4.38. The molecule has 16 heavy (non-hydrogen) atoms. The summed E-state index contributed by atoms with van der Waals surface area (Å²) in [6.45, 7) is 4.01. The van der Waals surface area contributed by atoms with Gasteiger partial charge in [0, 0.05) is 29.5 Å². The molecule has 1 aromatic rings. The summed E-state index contributed by atoms with van der Waals surface area (Å²) < 4.78 is 5.19. The molecule has 0 fully saturated rings. The highest BCUT2D eigenvalue weighted by atomic mass is 32.1. The van der Waals surface area contributed by atoms with Gasteiger partial charge in [-0.15, -0.1) is 11.3 Å². The normalized spacial score (nSPS) is 16.4. The van der Waals surface area contributed by atoms with Crippen molar-refractivity contribution in [1.82, 2.24) is 5.32 Å². The average molecular weight is 239 g/mol. The molecule has 90 valence electrons. The summed E-state index contributed by atoms with van der Waals surface area (Å²) in [4.78, 5) is 3.11. The molecule has 1 aliphatic carbocycles. The number of nitrogens with one attached hydrogen (secondary N) is 1. The van der Waals surface area contributed by atoms with Gasteiger partial charge in [0.15, 0.2) is 0 Å². The zero-order valence-corrected chi connectivity index (χ0v) is 11.0. The summed E-state index contributed by atoms with van der Waals surface area (Å²) >= 11 is 1.99. The third kappa shape index (κ3) is 2.84. The Bertz CT molecular complexity index is 313. The van der Waals surface area contributed by atoms with Gasteiger partial charge in [0.2, 0.25) is 0 Å². The molecule has 0 aromatic carbocycles.